The molecule has 230 valence electrons. The van der Waals surface area contributed by atoms with Gasteiger partial charge in [-0.1, -0.05) is 58.0 Å². The summed E-state index contributed by atoms with van der Waals surface area (Å²) in [4.78, 5) is 39.5. The lowest BCUT2D eigenvalue weighted by Crippen LogP contribution is -2.76. The smallest absolute Gasteiger partial charge is 0.338 e. The fourth-order valence-electron chi connectivity index (χ4n) is 8.72. The summed E-state index contributed by atoms with van der Waals surface area (Å²) in [5, 5.41) is 49.8. The van der Waals surface area contributed by atoms with Crippen molar-refractivity contribution < 1.29 is 44.3 Å². The Kier molecular flexibility index (Phi) is 7.51. The topological polar surface area (TPSA) is 163 Å². The van der Waals surface area contributed by atoms with Crippen molar-refractivity contribution in [2.45, 2.75) is 102 Å². The zero-order valence-electron chi connectivity index (χ0n) is 25.1. The Hall–Kier alpha value is -2.63. The second kappa shape index (κ2) is 10.2. The normalized spacial score (nSPS) is 40.3. The molecule has 10 heteroatoms. The van der Waals surface area contributed by atoms with Crippen LogP contribution in [0, 0.1) is 22.7 Å². The molecule has 42 heavy (non-hydrogen) atoms. The van der Waals surface area contributed by atoms with Gasteiger partial charge in [-0.15, -0.1) is 0 Å². The van der Waals surface area contributed by atoms with Gasteiger partial charge in [0.05, 0.1) is 24.4 Å². The Balaban J connectivity index is 1.55. The van der Waals surface area contributed by atoms with Crippen LogP contribution >= 0.6 is 0 Å². The van der Waals surface area contributed by atoms with Gasteiger partial charge in [0.25, 0.3) is 0 Å². The largest absolute Gasteiger partial charge is 0.456 e. The molecule has 4 aliphatic rings. The Morgan fingerprint density at radius 2 is 1.79 bits per heavy atom. The summed E-state index contributed by atoms with van der Waals surface area (Å²) in [6.07, 6.45) is -4.17. The number of ketones is 1. The molecular weight excluding hydrogens is 542 g/mol. The first kappa shape index (κ1) is 30.8. The monoisotopic (exact) mass is 585 g/mol. The number of aliphatic hydroxyl groups is 4. The van der Waals surface area contributed by atoms with Crippen LogP contribution in [0.3, 0.4) is 0 Å². The van der Waals surface area contributed by atoms with E-state index in [0.717, 1.165) is 0 Å². The van der Waals surface area contributed by atoms with Crippen LogP contribution in [0.25, 0.3) is 0 Å². The van der Waals surface area contributed by atoms with Gasteiger partial charge < -0.3 is 35.2 Å². The second-order valence-electron chi connectivity index (χ2n) is 13.6. The van der Waals surface area contributed by atoms with Crippen molar-refractivity contribution in [2.24, 2.45) is 22.7 Å². The predicted octanol–water partition coefficient (Wildman–Crippen LogP) is 1.74. The van der Waals surface area contributed by atoms with Gasteiger partial charge in [0.1, 0.15) is 17.8 Å². The minimum Gasteiger partial charge on any atom is -0.456 e. The number of ether oxygens (including phenoxy) is 2. The molecule has 3 aliphatic carbocycles. The van der Waals surface area contributed by atoms with Gasteiger partial charge in [-0.25, -0.2) is 4.79 Å². The van der Waals surface area contributed by atoms with Crippen LogP contribution in [0.15, 0.2) is 41.5 Å². The molecule has 3 fully saturated rings. The molecule has 1 aromatic rings. The van der Waals surface area contributed by atoms with Crippen molar-refractivity contribution in [1.29, 1.82) is 0 Å². The quantitative estimate of drug-likeness (QED) is 0.256. The molecular formula is C32H43NO9. The molecule has 10 atom stereocenters. The molecule has 1 aromatic carbocycles. The predicted molar refractivity (Wildman–Crippen MR) is 151 cm³/mol. The standard InChI is InChI=1S/C32H43NO9/c1-16-20(42-28(38)25(36)23(33-18(3)34)19-10-8-7-9-11-19)14-32(40)17(2)26-30(6,13-12-21-31(26,39)15-41-21)27(37)24(35)22(16)29(32,4)5/h7-11,17,20-21,23-26,35-36,39-40H,12-15H2,1-6H3,(H,33,34)/t17?,20?,21?,23?,24?,25?,26?,30-,31?,32?/m1/s1. The third kappa shape index (κ3) is 4.29. The van der Waals surface area contributed by atoms with Crippen molar-refractivity contribution in [3.8, 4) is 0 Å². The van der Waals surface area contributed by atoms with E-state index in [1.165, 1.54) is 6.92 Å². The number of esters is 1. The van der Waals surface area contributed by atoms with E-state index < -0.39 is 82.0 Å². The molecule has 5 N–H and O–H groups in total. The molecule has 1 heterocycles. The molecule has 1 amide bonds. The van der Waals surface area contributed by atoms with Crippen molar-refractivity contribution in [1.82, 2.24) is 5.32 Å². The third-order valence-corrected chi connectivity index (χ3v) is 11.1. The van der Waals surface area contributed by atoms with E-state index in [4.69, 9.17) is 9.47 Å². The van der Waals surface area contributed by atoms with Crippen LogP contribution < -0.4 is 5.32 Å². The highest BCUT2D eigenvalue weighted by Crippen LogP contribution is 2.64. The molecule has 0 radical (unpaired) electrons. The van der Waals surface area contributed by atoms with E-state index >= 15 is 0 Å². The maximum absolute atomic E-state index is 14.1. The van der Waals surface area contributed by atoms with Crippen molar-refractivity contribution in [3.63, 3.8) is 0 Å². The molecule has 2 saturated carbocycles. The van der Waals surface area contributed by atoms with Gasteiger partial charge in [0.2, 0.25) is 5.91 Å². The van der Waals surface area contributed by atoms with Crippen LogP contribution in [-0.2, 0) is 23.9 Å². The molecule has 0 spiro atoms. The van der Waals surface area contributed by atoms with Gasteiger partial charge in [-0.05, 0) is 42.4 Å². The summed E-state index contributed by atoms with van der Waals surface area (Å²) >= 11 is 0. The summed E-state index contributed by atoms with van der Waals surface area (Å²) in [6, 6.07) is 7.45. The first-order valence-electron chi connectivity index (χ1n) is 14.7. The van der Waals surface area contributed by atoms with Crippen LogP contribution in [0.5, 0.6) is 0 Å². The van der Waals surface area contributed by atoms with Crippen LogP contribution in [0.4, 0.5) is 0 Å². The minimum absolute atomic E-state index is 0.0263. The lowest BCUT2D eigenvalue weighted by Gasteiger charge is -2.66. The number of fused-ring (bicyclic) bond motifs is 5. The van der Waals surface area contributed by atoms with Crippen LogP contribution in [0.2, 0.25) is 0 Å². The van der Waals surface area contributed by atoms with Gasteiger partial charge in [0.15, 0.2) is 11.9 Å². The van der Waals surface area contributed by atoms with E-state index in [2.05, 4.69) is 5.32 Å². The Morgan fingerprint density at radius 1 is 1.14 bits per heavy atom. The molecule has 5 rings (SSSR count). The minimum atomic E-state index is -1.78. The number of benzene rings is 1. The highest BCUT2D eigenvalue weighted by atomic mass is 16.6. The number of carbonyl (C=O) groups excluding carboxylic acids is 3. The number of Topliss-reactive ketones (excluding diaryl/α,β-unsaturated/α-hetero) is 1. The maximum atomic E-state index is 14.1. The number of amides is 1. The van der Waals surface area contributed by atoms with Gasteiger partial charge in [0, 0.05) is 30.1 Å². The number of nitrogens with one attached hydrogen (secondary N) is 1. The van der Waals surface area contributed by atoms with E-state index in [0.29, 0.717) is 24.0 Å². The number of aliphatic hydroxyl groups excluding tert-OH is 2. The lowest BCUT2D eigenvalue weighted by molar-refractivity contribution is -0.320. The average molecular weight is 586 g/mol. The van der Waals surface area contributed by atoms with Gasteiger partial charge in [-0.3, -0.25) is 9.59 Å². The maximum Gasteiger partial charge on any atom is 0.338 e. The fraction of sp³-hybridized carbons (Fsp3) is 0.656. The zero-order chi connectivity index (χ0) is 31.0. The van der Waals surface area contributed by atoms with E-state index in [-0.39, 0.29) is 18.6 Å². The summed E-state index contributed by atoms with van der Waals surface area (Å²) in [5.74, 6) is -3.32. The van der Waals surface area contributed by atoms with E-state index in [9.17, 15) is 34.8 Å². The van der Waals surface area contributed by atoms with Crippen molar-refractivity contribution in [3.05, 3.63) is 47.0 Å². The lowest BCUT2D eigenvalue weighted by atomic mass is 9.43. The van der Waals surface area contributed by atoms with Crippen LogP contribution in [0.1, 0.15) is 72.4 Å². The molecule has 10 nitrogen and oxygen atoms in total. The van der Waals surface area contributed by atoms with Crippen LogP contribution in [-0.4, -0.2) is 80.3 Å². The molecule has 2 bridgehead atoms. The molecule has 1 aliphatic heterocycles. The Morgan fingerprint density at radius 3 is 2.36 bits per heavy atom. The highest BCUT2D eigenvalue weighted by Gasteiger charge is 2.72. The molecule has 0 aromatic heterocycles. The SMILES string of the molecule is CC(=O)NC(c1ccccc1)C(O)C(=O)OC1CC2(O)C(C)C3C4(O)COC4CC[C@@]3(C)C(=O)C(O)C(=C1C)C2(C)C. The third-order valence-electron chi connectivity index (χ3n) is 11.1. The van der Waals surface area contributed by atoms with Gasteiger partial charge >= 0.3 is 5.97 Å². The summed E-state index contributed by atoms with van der Waals surface area (Å²) in [6.45, 7) is 10.1. The first-order valence-corrected chi connectivity index (χ1v) is 14.7. The number of rotatable bonds is 5. The number of hydrogen-bond acceptors (Lipinski definition) is 9. The van der Waals surface area contributed by atoms with E-state index in [1.807, 2.05) is 6.92 Å². The van der Waals surface area contributed by atoms with Gasteiger partial charge in [-0.2, -0.15) is 0 Å². The fourth-order valence-corrected chi connectivity index (χ4v) is 8.72. The molecule has 9 unspecified atom stereocenters. The summed E-state index contributed by atoms with van der Waals surface area (Å²) in [5.41, 5.74) is -4.04. The Labute approximate surface area is 246 Å². The highest BCUT2D eigenvalue weighted by molar-refractivity contribution is 5.92. The second-order valence-corrected chi connectivity index (χ2v) is 13.6. The molecule has 1 saturated heterocycles. The van der Waals surface area contributed by atoms with E-state index in [1.54, 1.807) is 58.0 Å². The zero-order valence-corrected chi connectivity index (χ0v) is 25.1. The average Bonchev–Trinajstić information content (AvgIpc) is 2.92. The summed E-state index contributed by atoms with van der Waals surface area (Å²) in [7, 11) is 0. The number of hydrogen-bond donors (Lipinski definition) is 5. The number of carbonyl (C=O) groups is 3. The summed E-state index contributed by atoms with van der Waals surface area (Å²) < 4.78 is 11.5. The first-order chi connectivity index (χ1) is 19.5. The Bertz CT molecular complexity index is 1310. The van der Waals surface area contributed by atoms with Crippen molar-refractivity contribution >= 4 is 17.7 Å². The van der Waals surface area contributed by atoms with Crippen molar-refractivity contribution in [2.75, 3.05) is 6.61 Å².